The van der Waals surface area contributed by atoms with Gasteiger partial charge in [0.2, 0.25) is 0 Å². The van der Waals surface area contributed by atoms with Crippen LogP contribution in [0, 0.1) is 0 Å². The molecule has 1 rings (SSSR count). The molecule has 0 aliphatic carbocycles. The standard InChI is InChI=1S/C7H8N2O3S/c1-3(10)6-4(2-5(11)12)13-7(8)9-6/h2H2,1H3,(H2,8,9)(H,11,12). The van der Waals surface area contributed by atoms with Crippen molar-refractivity contribution >= 4 is 28.2 Å². The van der Waals surface area contributed by atoms with E-state index in [0.717, 1.165) is 11.3 Å². The van der Waals surface area contributed by atoms with E-state index in [1.165, 1.54) is 6.92 Å². The lowest BCUT2D eigenvalue weighted by Crippen LogP contribution is -2.04. The summed E-state index contributed by atoms with van der Waals surface area (Å²) in [6.07, 6.45) is -0.205. The molecule has 5 nitrogen and oxygen atoms in total. The molecule has 6 heteroatoms. The molecule has 0 saturated heterocycles. The molecule has 0 radical (unpaired) electrons. The first-order valence-electron chi connectivity index (χ1n) is 3.48. The molecule has 0 saturated carbocycles. The van der Waals surface area contributed by atoms with Crippen molar-refractivity contribution in [2.45, 2.75) is 13.3 Å². The van der Waals surface area contributed by atoms with Gasteiger partial charge in [-0.1, -0.05) is 0 Å². The van der Waals surface area contributed by atoms with E-state index in [1.807, 2.05) is 0 Å². The minimum Gasteiger partial charge on any atom is -0.481 e. The summed E-state index contributed by atoms with van der Waals surface area (Å²) in [5, 5.41) is 8.73. The molecule has 70 valence electrons. The predicted octanol–water partition coefficient (Wildman–Crippen LogP) is 0.555. The number of carboxylic acid groups (broad SMARTS) is 1. The van der Waals surface area contributed by atoms with E-state index >= 15 is 0 Å². The zero-order chi connectivity index (χ0) is 10.0. The second-order valence-corrected chi connectivity index (χ2v) is 3.57. The first-order chi connectivity index (χ1) is 6.00. The lowest BCUT2D eigenvalue weighted by Gasteiger charge is -1.92. The van der Waals surface area contributed by atoms with Crippen molar-refractivity contribution in [2.24, 2.45) is 0 Å². The molecule has 0 spiro atoms. The summed E-state index contributed by atoms with van der Waals surface area (Å²) in [4.78, 5) is 25.5. The van der Waals surface area contributed by atoms with Gasteiger partial charge in [0.15, 0.2) is 10.9 Å². The highest BCUT2D eigenvalue weighted by Gasteiger charge is 2.15. The highest BCUT2D eigenvalue weighted by molar-refractivity contribution is 7.15. The van der Waals surface area contributed by atoms with Crippen LogP contribution in [-0.2, 0) is 11.2 Å². The Labute approximate surface area is 78.2 Å². The topological polar surface area (TPSA) is 93.3 Å². The molecule has 0 unspecified atom stereocenters. The van der Waals surface area contributed by atoms with Gasteiger partial charge in [-0.15, -0.1) is 11.3 Å². The summed E-state index contributed by atoms with van der Waals surface area (Å²) in [6.45, 7) is 1.33. The molecule has 0 aliphatic heterocycles. The van der Waals surface area contributed by atoms with E-state index in [4.69, 9.17) is 10.8 Å². The van der Waals surface area contributed by atoms with E-state index in [9.17, 15) is 9.59 Å². The van der Waals surface area contributed by atoms with Crippen LogP contribution < -0.4 is 5.73 Å². The number of thiazole rings is 1. The molecular formula is C7H8N2O3S. The third-order valence-corrected chi connectivity index (χ3v) is 2.24. The fourth-order valence-electron chi connectivity index (χ4n) is 0.902. The Morgan fingerprint density at radius 2 is 2.23 bits per heavy atom. The summed E-state index contributed by atoms with van der Waals surface area (Å²) < 4.78 is 0. The number of aliphatic carboxylic acids is 1. The molecule has 0 amide bonds. The number of nitrogens with two attached hydrogens (primary N) is 1. The number of nitrogen functional groups attached to an aromatic ring is 1. The van der Waals surface area contributed by atoms with Gasteiger partial charge in [0.1, 0.15) is 5.69 Å². The third kappa shape index (κ3) is 2.25. The molecule has 0 atom stereocenters. The van der Waals surface area contributed by atoms with Crippen LogP contribution in [0.5, 0.6) is 0 Å². The Morgan fingerprint density at radius 1 is 1.62 bits per heavy atom. The van der Waals surface area contributed by atoms with Gasteiger partial charge in [-0.25, -0.2) is 4.98 Å². The Balaban J connectivity index is 3.04. The summed E-state index contributed by atoms with van der Waals surface area (Å²) >= 11 is 1.04. The van der Waals surface area contributed by atoms with Crippen LogP contribution in [0.25, 0.3) is 0 Å². The van der Waals surface area contributed by atoms with Crippen LogP contribution in [0.1, 0.15) is 22.3 Å². The average molecular weight is 200 g/mol. The van der Waals surface area contributed by atoms with Crippen LogP contribution in [0.15, 0.2) is 0 Å². The van der Waals surface area contributed by atoms with Crippen LogP contribution in [0.4, 0.5) is 5.13 Å². The Hall–Kier alpha value is -1.43. The number of hydrogen-bond acceptors (Lipinski definition) is 5. The van der Waals surface area contributed by atoms with Crippen molar-refractivity contribution in [3.05, 3.63) is 10.6 Å². The van der Waals surface area contributed by atoms with Crippen molar-refractivity contribution in [3.8, 4) is 0 Å². The van der Waals surface area contributed by atoms with Crippen molar-refractivity contribution in [2.75, 3.05) is 5.73 Å². The molecular weight excluding hydrogens is 192 g/mol. The van der Waals surface area contributed by atoms with Gasteiger partial charge >= 0.3 is 5.97 Å². The molecule has 0 aromatic carbocycles. The molecule has 3 N–H and O–H groups in total. The number of ketones is 1. The second kappa shape index (κ2) is 3.53. The maximum Gasteiger partial charge on any atom is 0.308 e. The van der Waals surface area contributed by atoms with E-state index in [0.29, 0.717) is 4.88 Å². The number of aromatic nitrogens is 1. The molecule has 1 aromatic heterocycles. The number of nitrogens with zero attached hydrogens (tertiary/aromatic N) is 1. The van der Waals surface area contributed by atoms with Gasteiger partial charge in [0.05, 0.1) is 6.42 Å². The van der Waals surface area contributed by atoms with Gasteiger partial charge < -0.3 is 10.8 Å². The van der Waals surface area contributed by atoms with E-state index in [2.05, 4.69) is 4.98 Å². The quantitative estimate of drug-likeness (QED) is 0.695. The van der Waals surface area contributed by atoms with Crippen molar-refractivity contribution in [3.63, 3.8) is 0 Å². The van der Waals surface area contributed by atoms with Gasteiger partial charge in [-0.2, -0.15) is 0 Å². The number of hydrogen-bond donors (Lipinski definition) is 2. The summed E-state index contributed by atoms with van der Waals surface area (Å²) in [5.74, 6) is -1.25. The molecule has 1 aromatic rings. The second-order valence-electron chi connectivity index (χ2n) is 2.45. The zero-order valence-electron chi connectivity index (χ0n) is 6.90. The fourth-order valence-corrected chi connectivity index (χ4v) is 1.77. The van der Waals surface area contributed by atoms with Gasteiger partial charge in [0.25, 0.3) is 0 Å². The summed E-state index contributed by atoms with van der Waals surface area (Å²) in [6, 6.07) is 0. The number of carbonyl (C=O) groups is 2. The van der Waals surface area contributed by atoms with Crippen LogP contribution in [0.3, 0.4) is 0 Å². The Bertz CT molecular complexity index is 359. The van der Waals surface area contributed by atoms with Gasteiger partial charge in [-0.05, 0) is 0 Å². The lowest BCUT2D eigenvalue weighted by molar-refractivity contribution is -0.136. The molecule has 0 aliphatic rings. The SMILES string of the molecule is CC(=O)c1nc(N)sc1CC(=O)O. The van der Waals surface area contributed by atoms with Crippen LogP contribution >= 0.6 is 11.3 Å². The smallest absolute Gasteiger partial charge is 0.308 e. The minimum absolute atomic E-state index is 0.171. The first-order valence-corrected chi connectivity index (χ1v) is 4.30. The predicted molar refractivity (Wildman–Crippen MR) is 47.9 cm³/mol. The van der Waals surface area contributed by atoms with Crippen LogP contribution in [-0.4, -0.2) is 21.8 Å². The number of anilines is 1. The number of carboxylic acids is 1. The van der Waals surface area contributed by atoms with Gasteiger partial charge in [-0.3, -0.25) is 9.59 Å². The van der Waals surface area contributed by atoms with Crippen molar-refractivity contribution < 1.29 is 14.7 Å². The summed E-state index contributed by atoms with van der Waals surface area (Å²) in [7, 11) is 0. The molecule has 0 bridgehead atoms. The van der Waals surface area contributed by atoms with Crippen molar-refractivity contribution in [1.82, 2.24) is 4.98 Å². The number of Topliss-reactive ketones (excluding diaryl/α,β-unsaturated/α-hetero) is 1. The normalized spacial score (nSPS) is 9.92. The molecule has 1 heterocycles. The Morgan fingerprint density at radius 3 is 2.69 bits per heavy atom. The molecule has 0 fully saturated rings. The fraction of sp³-hybridized carbons (Fsp3) is 0.286. The van der Waals surface area contributed by atoms with E-state index in [-0.39, 0.29) is 23.0 Å². The average Bonchev–Trinajstić information content (AvgIpc) is 2.29. The maximum absolute atomic E-state index is 11.0. The number of rotatable bonds is 3. The highest BCUT2D eigenvalue weighted by atomic mass is 32.1. The maximum atomic E-state index is 11.0. The van der Waals surface area contributed by atoms with Crippen molar-refractivity contribution in [1.29, 1.82) is 0 Å². The summed E-state index contributed by atoms with van der Waals surface area (Å²) in [5.41, 5.74) is 5.53. The molecule has 13 heavy (non-hydrogen) atoms. The third-order valence-electron chi connectivity index (χ3n) is 1.36. The number of carbonyl (C=O) groups excluding carboxylic acids is 1. The Kier molecular flexibility index (Phi) is 2.62. The van der Waals surface area contributed by atoms with E-state index < -0.39 is 5.97 Å². The monoisotopic (exact) mass is 200 g/mol. The first kappa shape index (κ1) is 9.66. The highest BCUT2D eigenvalue weighted by Crippen LogP contribution is 2.21. The van der Waals surface area contributed by atoms with Crippen LogP contribution in [0.2, 0.25) is 0 Å². The minimum atomic E-state index is -0.994. The zero-order valence-corrected chi connectivity index (χ0v) is 7.72. The lowest BCUT2D eigenvalue weighted by atomic mass is 10.2. The largest absolute Gasteiger partial charge is 0.481 e. The van der Waals surface area contributed by atoms with Gasteiger partial charge in [0, 0.05) is 11.8 Å². The van der Waals surface area contributed by atoms with E-state index in [1.54, 1.807) is 0 Å².